The number of nitrogens with two attached hydrogens (primary N) is 1. The molecule has 7 heteroatoms. The lowest BCUT2D eigenvalue weighted by atomic mass is 9.89. The number of morpholine rings is 1. The number of nitro benzene ring substituents is 1. The highest BCUT2D eigenvalue weighted by Gasteiger charge is 2.33. The molecule has 2 N–H and O–H groups in total. The van der Waals surface area contributed by atoms with Crippen molar-refractivity contribution in [2.24, 2.45) is 5.73 Å². The molecule has 2 fully saturated rings. The van der Waals surface area contributed by atoms with E-state index < -0.39 is 5.72 Å². The average Bonchev–Trinajstić information content (AvgIpc) is 2.51. The first-order valence-electron chi connectivity index (χ1n) is 7.60. The molecule has 1 saturated heterocycles. The summed E-state index contributed by atoms with van der Waals surface area (Å²) in [4.78, 5) is 12.9. The van der Waals surface area contributed by atoms with Crippen LogP contribution >= 0.6 is 0 Å². The molecule has 1 aromatic carbocycles. The SMILES string of the molecule is NC1(OCc2cc(N3CCOCC3)cc([N+](=O)[O-])c2)CCC1. The Bertz CT molecular complexity index is 554. The van der Waals surface area contributed by atoms with Crippen molar-refractivity contribution < 1.29 is 14.4 Å². The Labute approximate surface area is 129 Å². The molecule has 2 aliphatic rings. The van der Waals surface area contributed by atoms with Crippen molar-refractivity contribution in [3.63, 3.8) is 0 Å². The lowest BCUT2D eigenvalue weighted by molar-refractivity contribution is -0.384. The van der Waals surface area contributed by atoms with Crippen molar-refractivity contribution in [3.05, 3.63) is 33.9 Å². The smallest absolute Gasteiger partial charge is 0.271 e. The molecule has 3 rings (SSSR count). The number of nitrogens with zero attached hydrogens (tertiary/aromatic N) is 2. The first-order chi connectivity index (χ1) is 10.6. The van der Waals surface area contributed by atoms with Gasteiger partial charge >= 0.3 is 0 Å². The highest BCUT2D eigenvalue weighted by Crippen LogP contribution is 2.32. The summed E-state index contributed by atoms with van der Waals surface area (Å²) < 4.78 is 11.1. The van der Waals surface area contributed by atoms with E-state index in [9.17, 15) is 10.1 Å². The molecular weight excluding hydrogens is 286 g/mol. The Morgan fingerprint density at radius 1 is 1.32 bits per heavy atom. The van der Waals surface area contributed by atoms with Crippen LogP contribution in [-0.2, 0) is 16.1 Å². The van der Waals surface area contributed by atoms with E-state index >= 15 is 0 Å². The van der Waals surface area contributed by atoms with Gasteiger partial charge in [-0.25, -0.2) is 0 Å². The van der Waals surface area contributed by atoms with Gasteiger partial charge in [0.2, 0.25) is 0 Å². The predicted molar refractivity (Wildman–Crippen MR) is 81.7 cm³/mol. The molecule has 1 aliphatic carbocycles. The summed E-state index contributed by atoms with van der Waals surface area (Å²) in [7, 11) is 0. The van der Waals surface area contributed by atoms with Gasteiger partial charge in [-0.2, -0.15) is 0 Å². The summed E-state index contributed by atoms with van der Waals surface area (Å²) in [6.45, 7) is 3.06. The number of rotatable bonds is 5. The number of anilines is 1. The Hall–Kier alpha value is -1.70. The molecule has 0 amide bonds. The maximum atomic E-state index is 11.2. The maximum absolute atomic E-state index is 11.2. The summed E-state index contributed by atoms with van der Waals surface area (Å²) in [6, 6.07) is 5.11. The third-order valence-electron chi connectivity index (χ3n) is 4.28. The van der Waals surface area contributed by atoms with E-state index in [4.69, 9.17) is 15.2 Å². The van der Waals surface area contributed by atoms with E-state index in [1.165, 1.54) is 0 Å². The molecule has 1 saturated carbocycles. The Morgan fingerprint density at radius 2 is 2.05 bits per heavy atom. The summed E-state index contributed by atoms with van der Waals surface area (Å²) in [5.41, 5.74) is 7.21. The van der Waals surface area contributed by atoms with Gasteiger partial charge in [0, 0.05) is 30.9 Å². The predicted octanol–water partition coefficient (Wildman–Crippen LogP) is 1.79. The molecular formula is C15H21N3O4. The topological polar surface area (TPSA) is 90.9 Å². The number of hydrogen-bond acceptors (Lipinski definition) is 6. The zero-order valence-electron chi connectivity index (χ0n) is 12.5. The van der Waals surface area contributed by atoms with Gasteiger partial charge in [-0.15, -0.1) is 0 Å². The van der Waals surface area contributed by atoms with Crippen molar-refractivity contribution in [2.75, 3.05) is 31.2 Å². The van der Waals surface area contributed by atoms with Gasteiger partial charge in [-0.3, -0.25) is 10.1 Å². The molecule has 0 radical (unpaired) electrons. The summed E-state index contributed by atoms with van der Waals surface area (Å²) in [6.07, 6.45) is 2.76. The summed E-state index contributed by atoms with van der Waals surface area (Å²) in [5, 5.41) is 11.2. The van der Waals surface area contributed by atoms with Crippen LogP contribution < -0.4 is 10.6 Å². The van der Waals surface area contributed by atoms with Crippen molar-refractivity contribution >= 4 is 11.4 Å². The molecule has 120 valence electrons. The van der Waals surface area contributed by atoms with Gasteiger partial charge in [0.05, 0.1) is 24.7 Å². The van der Waals surface area contributed by atoms with Gasteiger partial charge in [0.25, 0.3) is 5.69 Å². The standard InChI is InChI=1S/C15H21N3O4/c16-15(2-1-3-15)22-11-12-8-13(10-14(9-12)18(19)20)17-4-6-21-7-5-17/h8-10H,1-7,11,16H2. The van der Waals surface area contributed by atoms with E-state index in [-0.39, 0.29) is 10.6 Å². The third-order valence-corrected chi connectivity index (χ3v) is 4.28. The van der Waals surface area contributed by atoms with Gasteiger partial charge in [0.15, 0.2) is 0 Å². The Balaban J connectivity index is 1.78. The van der Waals surface area contributed by atoms with Crippen LogP contribution in [0.2, 0.25) is 0 Å². The fourth-order valence-corrected chi connectivity index (χ4v) is 2.75. The quantitative estimate of drug-likeness (QED) is 0.506. The van der Waals surface area contributed by atoms with Gasteiger partial charge in [-0.05, 0) is 30.9 Å². The van der Waals surface area contributed by atoms with Crippen LogP contribution in [0.3, 0.4) is 0 Å². The van der Waals surface area contributed by atoms with Gasteiger partial charge in [0.1, 0.15) is 5.72 Å². The molecule has 7 nitrogen and oxygen atoms in total. The molecule has 0 aromatic heterocycles. The van der Waals surface area contributed by atoms with Crippen LogP contribution in [0.25, 0.3) is 0 Å². The zero-order valence-corrected chi connectivity index (χ0v) is 12.5. The minimum atomic E-state index is -0.552. The number of non-ortho nitro benzene ring substituents is 1. The lowest BCUT2D eigenvalue weighted by Gasteiger charge is -2.37. The van der Waals surface area contributed by atoms with E-state index in [1.807, 2.05) is 6.07 Å². The number of nitro groups is 1. The molecule has 1 aromatic rings. The normalized spacial score (nSPS) is 20.5. The van der Waals surface area contributed by atoms with Crippen molar-refractivity contribution in [3.8, 4) is 0 Å². The number of benzene rings is 1. The molecule has 1 heterocycles. The largest absolute Gasteiger partial charge is 0.378 e. The van der Waals surface area contributed by atoms with E-state index in [0.29, 0.717) is 19.8 Å². The highest BCUT2D eigenvalue weighted by atomic mass is 16.6. The number of ether oxygens (including phenoxy) is 2. The van der Waals surface area contributed by atoms with Crippen molar-refractivity contribution in [1.29, 1.82) is 0 Å². The monoisotopic (exact) mass is 307 g/mol. The van der Waals surface area contributed by atoms with Gasteiger partial charge in [-0.1, -0.05) is 0 Å². The van der Waals surface area contributed by atoms with E-state index in [0.717, 1.165) is 43.6 Å². The maximum Gasteiger partial charge on any atom is 0.271 e. The summed E-state index contributed by atoms with van der Waals surface area (Å²) in [5.74, 6) is 0. The molecule has 0 unspecified atom stereocenters. The minimum absolute atomic E-state index is 0.0854. The Kier molecular flexibility index (Phi) is 4.28. The van der Waals surface area contributed by atoms with Crippen LogP contribution in [0.4, 0.5) is 11.4 Å². The second-order valence-corrected chi connectivity index (χ2v) is 5.92. The minimum Gasteiger partial charge on any atom is -0.378 e. The average molecular weight is 307 g/mol. The van der Waals surface area contributed by atoms with Crippen LogP contribution in [-0.4, -0.2) is 37.0 Å². The fraction of sp³-hybridized carbons (Fsp3) is 0.600. The Morgan fingerprint density at radius 3 is 2.64 bits per heavy atom. The molecule has 0 spiro atoms. The highest BCUT2D eigenvalue weighted by molar-refractivity contribution is 5.56. The fourth-order valence-electron chi connectivity index (χ4n) is 2.75. The van der Waals surface area contributed by atoms with Gasteiger partial charge < -0.3 is 20.1 Å². The van der Waals surface area contributed by atoms with Crippen molar-refractivity contribution in [2.45, 2.75) is 31.6 Å². The van der Waals surface area contributed by atoms with E-state index in [1.54, 1.807) is 12.1 Å². The van der Waals surface area contributed by atoms with Crippen LogP contribution in [0.1, 0.15) is 24.8 Å². The number of hydrogen-bond donors (Lipinski definition) is 1. The molecule has 1 aliphatic heterocycles. The first-order valence-corrected chi connectivity index (χ1v) is 7.60. The summed E-state index contributed by atoms with van der Waals surface area (Å²) >= 11 is 0. The lowest BCUT2D eigenvalue weighted by Crippen LogP contribution is -2.48. The second-order valence-electron chi connectivity index (χ2n) is 5.92. The third kappa shape index (κ3) is 3.37. The van der Waals surface area contributed by atoms with Crippen LogP contribution in [0.15, 0.2) is 18.2 Å². The molecule has 22 heavy (non-hydrogen) atoms. The van der Waals surface area contributed by atoms with E-state index in [2.05, 4.69) is 4.90 Å². The zero-order chi connectivity index (χ0) is 15.6. The first kappa shape index (κ1) is 15.2. The van der Waals surface area contributed by atoms with Crippen molar-refractivity contribution in [1.82, 2.24) is 0 Å². The van der Waals surface area contributed by atoms with Crippen LogP contribution in [0, 0.1) is 10.1 Å². The second kappa shape index (κ2) is 6.20. The van der Waals surface area contributed by atoms with Crippen LogP contribution in [0.5, 0.6) is 0 Å². The molecule has 0 bridgehead atoms. The molecule has 0 atom stereocenters.